The summed E-state index contributed by atoms with van der Waals surface area (Å²) in [6.45, 7) is 3.47. The number of aromatic carboxylic acids is 1. The van der Waals surface area contributed by atoms with Crippen LogP contribution >= 0.6 is 0 Å². The molecule has 0 aliphatic carbocycles. The summed E-state index contributed by atoms with van der Waals surface area (Å²) in [5.74, 6) is -1.14. The lowest BCUT2D eigenvalue weighted by molar-refractivity contribution is 0.0668. The Bertz CT molecular complexity index is 360. The van der Waals surface area contributed by atoms with E-state index in [9.17, 15) is 9.59 Å². The van der Waals surface area contributed by atoms with Crippen LogP contribution in [-0.2, 0) is 6.54 Å². The van der Waals surface area contributed by atoms with Gasteiger partial charge in [0.2, 0.25) is 0 Å². The largest absolute Gasteiger partial charge is 0.476 e. The topological polar surface area (TPSA) is 72.4 Å². The lowest BCUT2D eigenvalue weighted by Gasteiger charge is -1.97. The molecule has 0 atom stereocenters. The predicted molar refractivity (Wildman–Crippen MR) is 40.3 cm³/mol. The van der Waals surface area contributed by atoms with E-state index in [0.29, 0.717) is 6.54 Å². The molecule has 12 heavy (non-hydrogen) atoms. The van der Waals surface area contributed by atoms with E-state index in [1.807, 2.05) is 0 Å². The van der Waals surface area contributed by atoms with E-state index in [0.717, 1.165) is 4.74 Å². The van der Waals surface area contributed by atoms with E-state index in [1.165, 1.54) is 6.92 Å². The summed E-state index contributed by atoms with van der Waals surface area (Å²) in [6.07, 6.45) is 0. The van der Waals surface area contributed by atoms with E-state index in [-0.39, 0.29) is 11.3 Å². The molecule has 1 aromatic rings. The summed E-state index contributed by atoms with van der Waals surface area (Å²) in [6, 6.07) is 0. The van der Waals surface area contributed by atoms with Crippen molar-refractivity contribution in [3.05, 3.63) is 21.7 Å². The average Bonchev–Trinajstić information content (AvgIpc) is 2.28. The summed E-state index contributed by atoms with van der Waals surface area (Å²) >= 11 is 0. The van der Waals surface area contributed by atoms with Gasteiger partial charge in [0.25, 0.3) is 0 Å². The van der Waals surface area contributed by atoms with Crippen molar-refractivity contribution in [2.75, 3.05) is 0 Å². The number of hydrogen-bond donors (Lipinski definition) is 1. The molecule has 5 nitrogen and oxygen atoms in total. The molecule has 0 spiro atoms. The first-order valence-electron chi connectivity index (χ1n) is 3.52. The Labute approximate surface area is 68.2 Å². The van der Waals surface area contributed by atoms with E-state index in [4.69, 9.17) is 5.11 Å². The van der Waals surface area contributed by atoms with Gasteiger partial charge in [0.1, 0.15) is 0 Å². The maximum absolute atomic E-state index is 10.9. The Morgan fingerprint density at radius 2 is 2.25 bits per heavy atom. The molecule has 0 saturated carbocycles. The van der Waals surface area contributed by atoms with Crippen molar-refractivity contribution < 1.29 is 14.4 Å². The highest BCUT2D eigenvalue weighted by atomic mass is 16.5. The van der Waals surface area contributed by atoms with Crippen molar-refractivity contribution in [3.63, 3.8) is 0 Å². The molecular weight excluding hydrogens is 162 g/mol. The molecule has 0 radical (unpaired) electrons. The molecule has 66 valence electrons. The lowest BCUT2D eigenvalue weighted by atomic mass is 10.3. The molecule has 0 aliphatic rings. The van der Waals surface area contributed by atoms with Gasteiger partial charge in [0.05, 0.1) is 12.1 Å². The van der Waals surface area contributed by atoms with Crippen molar-refractivity contribution in [2.45, 2.75) is 20.4 Å². The Balaban J connectivity index is 3.41. The quantitative estimate of drug-likeness (QED) is 0.701. The second-order valence-corrected chi connectivity index (χ2v) is 2.35. The van der Waals surface area contributed by atoms with Crippen LogP contribution in [0.3, 0.4) is 0 Å². The van der Waals surface area contributed by atoms with E-state index in [2.05, 4.69) is 4.52 Å². The summed E-state index contributed by atoms with van der Waals surface area (Å²) in [7, 11) is 0. The van der Waals surface area contributed by atoms with E-state index >= 15 is 0 Å². The number of carboxylic acids is 1. The Hall–Kier alpha value is -1.52. The lowest BCUT2D eigenvalue weighted by Crippen LogP contribution is -2.08. The normalized spacial score (nSPS) is 10.2. The minimum atomic E-state index is -1.14. The van der Waals surface area contributed by atoms with Crippen molar-refractivity contribution in [3.8, 4) is 0 Å². The zero-order valence-corrected chi connectivity index (χ0v) is 6.83. The molecule has 0 unspecified atom stereocenters. The van der Waals surface area contributed by atoms with Crippen LogP contribution in [-0.4, -0.2) is 15.8 Å². The molecule has 1 rings (SSSR count). The minimum Gasteiger partial charge on any atom is -0.476 e. The number of hydrogen-bond acceptors (Lipinski definition) is 3. The first-order chi connectivity index (χ1) is 5.57. The van der Waals surface area contributed by atoms with E-state index in [1.54, 1.807) is 6.92 Å². The number of carboxylic acid groups (broad SMARTS) is 1. The van der Waals surface area contributed by atoms with Crippen LogP contribution < -0.4 is 5.63 Å². The van der Waals surface area contributed by atoms with Gasteiger partial charge in [-0.15, -0.1) is 0 Å². The van der Waals surface area contributed by atoms with Gasteiger partial charge in [-0.2, -0.15) is 4.74 Å². The predicted octanol–water partition coefficient (Wildman–Crippen LogP) is 0.468. The zero-order chi connectivity index (χ0) is 9.30. The Kier molecular flexibility index (Phi) is 2.03. The number of nitrogens with zero attached hydrogens (tertiary/aromatic N) is 1. The van der Waals surface area contributed by atoms with Crippen LogP contribution in [0.5, 0.6) is 0 Å². The number of carbonyl (C=O) groups is 1. The van der Waals surface area contributed by atoms with Crippen LogP contribution in [0.25, 0.3) is 0 Å². The first-order valence-corrected chi connectivity index (χ1v) is 3.52. The van der Waals surface area contributed by atoms with Crippen LogP contribution in [0.1, 0.15) is 23.0 Å². The highest BCUT2D eigenvalue weighted by Gasteiger charge is 2.18. The molecule has 1 aromatic heterocycles. The molecular formula is C7H9NO4. The highest BCUT2D eigenvalue weighted by Crippen LogP contribution is 2.04. The summed E-state index contributed by atoms with van der Waals surface area (Å²) in [5.41, 5.74) is -0.513. The number of aryl methyl sites for hydroxylation is 1. The third-order valence-corrected chi connectivity index (χ3v) is 1.59. The van der Waals surface area contributed by atoms with Crippen molar-refractivity contribution in [1.82, 2.24) is 4.74 Å². The smallest absolute Gasteiger partial charge is 0.361 e. The summed E-state index contributed by atoms with van der Waals surface area (Å²) in [4.78, 5) is 21.5. The molecule has 5 heteroatoms. The third-order valence-electron chi connectivity index (χ3n) is 1.59. The fourth-order valence-electron chi connectivity index (χ4n) is 0.988. The van der Waals surface area contributed by atoms with Crippen LogP contribution in [0.4, 0.5) is 0 Å². The monoisotopic (exact) mass is 171 g/mol. The zero-order valence-electron chi connectivity index (χ0n) is 6.83. The number of aromatic nitrogens is 1. The van der Waals surface area contributed by atoms with Crippen molar-refractivity contribution in [2.24, 2.45) is 0 Å². The molecule has 1 N–H and O–H groups in total. The standard InChI is InChI=1S/C7H9NO4/c1-3-8-5(6(9)10)4(2)7(11)12-8/h3H2,1-2H3,(H,9,10). The van der Waals surface area contributed by atoms with Crippen LogP contribution in [0.15, 0.2) is 9.32 Å². The van der Waals surface area contributed by atoms with Crippen molar-refractivity contribution in [1.29, 1.82) is 0 Å². The second-order valence-electron chi connectivity index (χ2n) is 2.35. The molecule has 0 saturated heterocycles. The Morgan fingerprint density at radius 3 is 2.58 bits per heavy atom. The highest BCUT2D eigenvalue weighted by molar-refractivity contribution is 5.86. The third kappa shape index (κ3) is 1.13. The molecule has 0 amide bonds. The molecule has 0 bridgehead atoms. The SMILES string of the molecule is CCn1oc(=O)c(C)c1C(=O)O. The van der Waals surface area contributed by atoms with Crippen LogP contribution in [0, 0.1) is 6.92 Å². The van der Waals surface area contributed by atoms with Gasteiger partial charge in [0, 0.05) is 0 Å². The van der Waals surface area contributed by atoms with Crippen molar-refractivity contribution >= 4 is 5.97 Å². The fraction of sp³-hybridized carbons (Fsp3) is 0.429. The second kappa shape index (κ2) is 2.84. The fourth-order valence-corrected chi connectivity index (χ4v) is 0.988. The van der Waals surface area contributed by atoms with Gasteiger partial charge >= 0.3 is 11.6 Å². The summed E-state index contributed by atoms with van der Waals surface area (Å²) in [5, 5.41) is 8.67. The molecule has 0 fully saturated rings. The molecule has 0 aromatic carbocycles. The van der Waals surface area contributed by atoms with Crippen LogP contribution in [0.2, 0.25) is 0 Å². The minimum absolute atomic E-state index is 0.0671. The molecule has 0 aliphatic heterocycles. The maximum atomic E-state index is 10.9. The summed E-state index contributed by atoms with van der Waals surface area (Å²) < 4.78 is 5.71. The number of rotatable bonds is 2. The van der Waals surface area contributed by atoms with Gasteiger partial charge in [-0.1, -0.05) is 0 Å². The van der Waals surface area contributed by atoms with E-state index < -0.39 is 11.6 Å². The first kappa shape index (κ1) is 8.58. The Morgan fingerprint density at radius 1 is 1.67 bits per heavy atom. The maximum Gasteiger partial charge on any atom is 0.361 e. The van der Waals surface area contributed by atoms with Gasteiger partial charge in [-0.05, 0) is 13.8 Å². The van der Waals surface area contributed by atoms with Gasteiger partial charge in [0.15, 0.2) is 5.69 Å². The van der Waals surface area contributed by atoms with Gasteiger partial charge < -0.3 is 9.63 Å². The van der Waals surface area contributed by atoms with Gasteiger partial charge in [-0.3, -0.25) is 0 Å². The average molecular weight is 171 g/mol. The molecule has 1 heterocycles. The van der Waals surface area contributed by atoms with Gasteiger partial charge in [-0.25, -0.2) is 9.59 Å².